The smallest absolute Gasteiger partial charge is 0.0833 e. The third-order valence-electron chi connectivity index (χ3n) is 2.79. The minimum absolute atomic E-state index is 0.515. The molecule has 0 fully saturated rings. The molecule has 18 heavy (non-hydrogen) atoms. The number of rotatable bonds is 3. The fourth-order valence-electron chi connectivity index (χ4n) is 1.87. The van der Waals surface area contributed by atoms with Gasteiger partial charge in [-0.05, 0) is 57.7 Å². The zero-order valence-corrected chi connectivity index (χ0v) is 13.1. The third kappa shape index (κ3) is 3.40. The van der Waals surface area contributed by atoms with Crippen molar-refractivity contribution in [2.45, 2.75) is 19.4 Å². The summed E-state index contributed by atoms with van der Waals surface area (Å²) < 4.78 is 1.91. The Kier molecular flexibility index (Phi) is 4.54. The van der Waals surface area contributed by atoms with Crippen LogP contribution < -0.4 is 0 Å². The summed E-state index contributed by atoms with van der Waals surface area (Å²) in [5, 5.41) is 10.3. The molecular formula is C14H13Br2NO. The van der Waals surface area contributed by atoms with Gasteiger partial charge >= 0.3 is 0 Å². The summed E-state index contributed by atoms with van der Waals surface area (Å²) in [7, 11) is 0. The highest BCUT2D eigenvalue weighted by molar-refractivity contribution is 9.10. The van der Waals surface area contributed by atoms with Crippen LogP contribution >= 0.6 is 31.9 Å². The maximum atomic E-state index is 10.3. The summed E-state index contributed by atoms with van der Waals surface area (Å²) in [6.45, 7) is 2.00. The molecule has 1 unspecified atom stereocenters. The van der Waals surface area contributed by atoms with Gasteiger partial charge in [0.25, 0.3) is 0 Å². The Morgan fingerprint density at radius 2 is 1.94 bits per heavy atom. The minimum Gasteiger partial charge on any atom is -0.388 e. The van der Waals surface area contributed by atoms with Crippen LogP contribution in [0.25, 0.3) is 0 Å². The van der Waals surface area contributed by atoms with E-state index in [1.165, 1.54) is 0 Å². The van der Waals surface area contributed by atoms with Crippen molar-refractivity contribution in [3.8, 4) is 0 Å². The van der Waals surface area contributed by atoms with E-state index < -0.39 is 6.10 Å². The Labute approximate surface area is 123 Å². The zero-order chi connectivity index (χ0) is 13.1. The number of nitrogens with zero attached hydrogens (tertiary/aromatic N) is 1. The first-order chi connectivity index (χ1) is 8.56. The number of halogens is 2. The lowest BCUT2D eigenvalue weighted by atomic mass is 9.99. The van der Waals surface area contributed by atoms with Crippen LogP contribution in [0.5, 0.6) is 0 Å². The second-order valence-corrected chi connectivity index (χ2v) is 6.06. The molecule has 0 saturated heterocycles. The monoisotopic (exact) mass is 369 g/mol. The summed E-state index contributed by atoms with van der Waals surface area (Å²) in [6.07, 6.45) is 3.56. The predicted octanol–water partition coefficient (Wildman–Crippen LogP) is 4.19. The molecule has 0 radical (unpaired) electrons. The Morgan fingerprint density at radius 1 is 1.17 bits per heavy atom. The molecule has 2 rings (SSSR count). The number of aryl methyl sites for hydroxylation is 1. The van der Waals surface area contributed by atoms with E-state index in [1.54, 1.807) is 12.4 Å². The number of aromatic nitrogens is 1. The molecule has 0 aliphatic heterocycles. The SMILES string of the molecule is Cc1ccc(Br)cc1C(O)Cc1cncc(Br)c1. The minimum atomic E-state index is -0.515. The van der Waals surface area contributed by atoms with Gasteiger partial charge in [-0.15, -0.1) is 0 Å². The van der Waals surface area contributed by atoms with Crippen molar-refractivity contribution in [2.24, 2.45) is 0 Å². The van der Waals surface area contributed by atoms with E-state index in [-0.39, 0.29) is 0 Å². The summed E-state index contributed by atoms with van der Waals surface area (Å²) in [5.41, 5.74) is 3.05. The summed E-state index contributed by atoms with van der Waals surface area (Å²) >= 11 is 6.81. The average Bonchev–Trinajstić information content (AvgIpc) is 2.32. The fourth-order valence-corrected chi connectivity index (χ4v) is 2.66. The van der Waals surface area contributed by atoms with Crippen LogP contribution in [-0.4, -0.2) is 10.1 Å². The lowest BCUT2D eigenvalue weighted by Gasteiger charge is -2.14. The van der Waals surface area contributed by atoms with Gasteiger partial charge in [0.15, 0.2) is 0 Å². The molecule has 0 spiro atoms. The normalized spacial score (nSPS) is 12.4. The van der Waals surface area contributed by atoms with E-state index in [2.05, 4.69) is 36.8 Å². The Balaban J connectivity index is 2.21. The van der Waals surface area contributed by atoms with Gasteiger partial charge in [-0.3, -0.25) is 4.98 Å². The highest BCUT2D eigenvalue weighted by Crippen LogP contribution is 2.25. The summed E-state index contributed by atoms with van der Waals surface area (Å²) in [5.74, 6) is 0. The molecule has 4 heteroatoms. The summed E-state index contributed by atoms with van der Waals surface area (Å²) in [4.78, 5) is 4.10. The Morgan fingerprint density at radius 3 is 2.67 bits per heavy atom. The van der Waals surface area contributed by atoms with E-state index in [0.717, 1.165) is 25.6 Å². The Hall–Kier alpha value is -0.710. The van der Waals surface area contributed by atoms with Crippen molar-refractivity contribution < 1.29 is 5.11 Å². The van der Waals surface area contributed by atoms with Gasteiger partial charge in [0, 0.05) is 27.8 Å². The molecule has 1 aromatic heterocycles. The number of aliphatic hydroxyl groups is 1. The fraction of sp³-hybridized carbons (Fsp3) is 0.214. The lowest BCUT2D eigenvalue weighted by molar-refractivity contribution is 0.177. The third-order valence-corrected chi connectivity index (χ3v) is 3.72. The molecular weight excluding hydrogens is 358 g/mol. The first kappa shape index (κ1) is 13.7. The van der Waals surface area contributed by atoms with Gasteiger partial charge in [0.1, 0.15) is 0 Å². The number of hydrogen-bond acceptors (Lipinski definition) is 2. The second-order valence-electron chi connectivity index (χ2n) is 4.23. The van der Waals surface area contributed by atoms with Gasteiger partial charge < -0.3 is 5.11 Å². The van der Waals surface area contributed by atoms with Crippen molar-refractivity contribution in [3.63, 3.8) is 0 Å². The molecule has 0 aliphatic rings. The van der Waals surface area contributed by atoms with Gasteiger partial charge in [-0.1, -0.05) is 22.0 Å². The van der Waals surface area contributed by atoms with E-state index >= 15 is 0 Å². The molecule has 0 bridgehead atoms. The van der Waals surface area contributed by atoms with E-state index in [1.807, 2.05) is 31.2 Å². The number of pyridine rings is 1. The first-order valence-corrected chi connectivity index (χ1v) is 7.18. The van der Waals surface area contributed by atoms with Crippen molar-refractivity contribution in [2.75, 3.05) is 0 Å². The quantitative estimate of drug-likeness (QED) is 0.878. The van der Waals surface area contributed by atoms with Gasteiger partial charge in [0.2, 0.25) is 0 Å². The molecule has 0 saturated carbocycles. The number of benzene rings is 1. The molecule has 2 nitrogen and oxygen atoms in total. The molecule has 1 atom stereocenters. The second kappa shape index (κ2) is 5.95. The highest BCUT2D eigenvalue weighted by Gasteiger charge is 2.12. The number of aliphatic hydroxyl groups excluding tert-OH is 1. The standard InChI is InChI=1S/C14H13Br2NO/c1-9-2-3-11(15)6-13(9)14(18)5-10-4-12(16)8-17-7-10/h2-4,6-8,14,18H,5H2,1H3. The van der Waals surface area contributed by atoms with Crippen LogP contribution in [0.1, 0.15) is 22.8 Å². The lowest BCUT2D eigenvalue weighted by Crippen LogP contribution is -2.04. The van der Waals surface area contributed by atoms with Crippen molar-refractivity contribution >= 4 is 31.9 Å². The largest absolute Gasteiger partial charge is 0.388 e. The summed E-state index contributed by atoms with van der Waals surface area (Å²) in [6, 6.07) is 7.92. The predicted molar refractivity (Wildman–Crippen MR) is 79.5 cm³/mol. The van der Waals surface area contributed by atoms with Gasteiger partial charge in [-0.2, -0.15) is 0 Å². The molecule has 0 aliphatic carbocycles. The van der Waals surface area contributed by atoms with Crippen LogP contribution in [0.15, 0.2) is 45.6 Å². The molecule has 1 aromatic carbocycles. The molecule has 1 N–H and O–H groups in total. The van der Waals surface area contributed by atoms with Gasteiger partial charge in [0.05, 0.1) is 6.10 Å². The van der Waals surface area contributed by atoms with Crippen molar-refractivity contribution in [1.29, 1.82) is 0 Å². The molecule has 94 valence electrons. The van der Waals surface area contributed by atoms with Crippen LogP contribution in [0.2, 0.25) is 0 Å². The van der Waals surface area contributed by atoms with Crippen molar-refractivity contribution in [3.05, 3.63) is 62.3 Å². The van der Waals surface area contributed by atoms with Crippen LogP contribution in [0, 0.1) is 6.92 Å². The van der Waals surface area contributed by atoms with Gasteiger partial charge in [-0.25, -0.2) is 0 Å². The van der Waals surface area contributed by atoms with Crippen molar-refractivity contribution in [1.82, 2.24) is 4.98 Å². The molecule has 0 amide bonds. The topological polar surface area (TPSA) is 33.1 Å². The Bertz CT molecular complexity index is 557. The van der Waals surface area contributed by atoms with E-state index in [0.29, 0.717) is 6.42 Å². The average molecular weight is 371 g/mol. The van der Waals surface area contributed by atoms with Crippen LogP contribution in [0.3, 0.4) is 0 Å². The molecule has 1 heterocycles. The maximum absolute atomic E-state index is 10.3. The van der Waals surface area contributed by atoms with Crippen LogP contribution in [0.4, 0.5) is 0 Å². The van der Waals surface area contributed by atoms with Crippen LogP contribution in [-0.2, 0) is 6.42 Å². The van der Waals surface area contributed by atoms with E-state index in [4.69, 9.17) is 0 Å². The number of hydrogen-bond donors (Lipinski definition) is 1. The maximum Gasteiger partial charge on any atom is 0.0833 e. The van der Waals surface area contributed by atoms with E-state index in [9.17, 15) is 5.11 Å². The highest BCUT2D eigenvalue weighted by atomic mass is 79.9. The first-order valence-electron chi connectivity index (χ1n) is 5.60. The zero-order valence-electron chi connectivity index (χ0n) is 9.90. The molecule has 2 aromatic rings.